The van der Waals surface area contributed by atoms with E-state index in [1.54, 1.807) is 23.1 Å². The summed E-state index contributed by atoms with van der Waals surface area (Å²) in [7, 11) is 0. The van der Waals surface area contributed by atoms with Gasteiger partial charge < -0.3 is 14.2 Å². The molecule has 0 saturated carbocycles. The van der Waals surface area contributed by atoms with E-state index < -0.39 is 0 Å². The summed E-state index contributed by atoms with van der Waals surface area (Å²) in [6.45, 7) is 2.38. The van der Waals surface area contributed by atoms with E-state index in [1.807, 2.05) is 18.2 Å². The van der Waals surface area contributed by atoms with E-state index in [-0.39, 0.29) is 12.9 Å². The highest BCUT2D eigenvalue weighted by Gasteiger charge is 2.23. The van der Waals surface area contributed by atoms with Crippen molar-refractivity contribution < 1.29 is 14.2 Å². The molecule has 6 nitrogen and oxygen atoms in total. The fourth-order valence-electron chi connectivity index (χ4n) is 3.65. The lowest BCUT2D eigenvalue weighted by molar-refractivity contribution is -0.0168. The second kappa shape index (κ2) is 8.65. The molecule has 0 amide bonds. The molecule has 2 aromatic heterocycles. The van der Waals surface area contributed by atoms with E-state index in [9.17, 15) is 0 Å². The minimum atomic E-state index is 0.212. The van der Waals surface area contributed by atoms with E-state index in [2.05, 4.69) is 26.2 Å². The van der Waals surface area contributed by atoms with Crippen molar-refractivity contribution in [3.63, 3.8) is 0 Å². The summed E-state index contributed by atoms with van der Waals surface area (Å²) in [6.07, 6.45) is 2.39. The number of benzene rings is 1. The van der Waals surface area contributed by atoms with E-state index in [0.29, 0.717) is 17.4 Å². The Balaban J connectivity index is 1.42. The molecule has 2 aliphatic rings. The largest absolute Gasteiger partial charge is 0.467 e. The van der Waals surface area contributed by atoms with Crippen molar-refractivity contribution in [2.45, 2.75) is 43.0 Å². The number of nitrogens with zero attached hydrogens (tertiary/aromatic N) is 3. The Labute approximate surface area is 182 Å². The maximum absolute atomic E-state index is 6.31. The second-order valence-corrected chi connectivity index (χ2v) is 9.31. The normalized spacial score (nSPS) is 18.6. The summed E-state index contributed by atoms with van der Waals surface area (Å²) >= 11 is 9.62. The van der Waals surface area contributed by atoms with Gasteiger partial charge in [-0.05, 0) is 36.4 Å². The standard InChI is InChI=1S/C20H20ClN3O3S2/c21-15-7-13-10-25-12-27-18(13)14(8-15)11-29-20-23-22-19(17-4-2-6-28-17)24(20)9-16-3-1-5-26-16/h2,4,6-8,16H,1,3,5,9-12H2. The number of thioether (sulfide) groups is 1. The molecule has 0 N–H and O–H groups in total. The molecule has 29 heavy (non-hydrogen) atoms. The lowest BCUT2D eigenvalue weighted by atomic mass is 10.1. The van der Waals surface area contributed by atoms with Crippen LogP contribution in [0.1, 0.15) is 24.0 Å². The molecule has 1 aromatic carbocycles. The van der Waals surface area contributed by atoms with Crippen molar-refractivity contribution in [2.75, 3.05) is 13.4 Å². The van der Waals surface area contributed by atoms with Gasteiger partial charge in [0.1, 0.15) is 5.75 Å². The highest BCUT2D eigenvalue weighted by molar-refractivity contribution is 7.98. The maximum atomic E-state index is 6.31. The highest BCUT2D eigenvalue weighted by atomic mass is 35.5. The van der Waals surface area contributed by atoms with E-state index in [4.69, 9.17) is 25.8 Å². The minimum Gasteiger partial charge on any atom is -0.467 e. The molecule has 1 saturated heterocycles. The van der Waals surface area contributed by atoms with Gasteiger partial charge in [0.25, 0.3) is 0 Å². The first-order valence-electron chi connectivity index (χ1n) is 9.51. The molecule has 0 radical (unpaired) electrons. The van der Waals surface area contributed by atoms with Crippen LogP contribution in [-0.2, 0) is 28.4 Å². The second-order valence-electron chi connectivity index (χ2n) is 6.98. The molecular weight excluding hydrogens is 430 g/mol. The third kappa shape index (κ3) is 4.18. The van der Waals surface area contributed by atoms with Crippen LogP contribution in [0.3, 0.4) is 0 Å². The van der Waals surface area contributed by atoms with Crippen molar-refractivity contribution in [3.05, 3.63) is 45.8 Å². The van der Waals surface area contributed by atoms with E-state index >= 15 is 0 Å². The summed E-state index contributed by atoms with van der Waals surface area (Å²) in [4.78, 5) is 1.11. The first kappa shape index (κ1) is 19.4. The highest BCUT2D eigenvalue weighted by Crippen LogP contribution is 2.36. The minimum absolute atomic E-state index is 0.212. The maximum Gasteiger partial charge on any atom is 0.191 e. The molecule has 152 valence electrons. The predicted molar refractivity (Wildman–Crippen MR) is 114 cm³/mol. The Hall–Kier alpha value is -1.58. The summed E-state index contributed by atoms with van der Waals surface area (Å²) in [5, 5.41) is 12.6. The topological polar surface area (TPSA) is 58.4 Å². The van der Waals surface area contributed by atoms with Crippen molar-refractivity contribution in [1.82, 2.24) is 14.8 Å². The van der Waals surface area contributed by atoms with Crippen molar-refractivity contribution in [2.24, 2.45) is 0 Å². The van der Waals surface area contributed by atoms with Gasteiger partial charge in [-0.1, -0.05) is 29.4 Å². The molecule has 1 unspecified atom stereocenters. The van der Waals surface area contributed by atoms with Crippen LogP contribution in [-0.4, -0.2) is 34.3 Å². The zero-order valence-corrected chi connectivity index (χ0v) is 18.1. The monoisotopic (exact) mass is 449 g/mol. The lowest BCUT2D eigenvalue weighted by Gasteiger charge is -2.21. The van der Waals surface area contributed by atoms with Gasteiger partial charge in [-0.3, -0.25) is 4.57 Å². The zero-order chi connectivity index (χ0) is 19.6. The number of halogens is 1. The molecular formula is C20H20ClN3O3S2. The fraction of sp³-hybridized carbons (Fsp3) is 0.400. The quantitative estimate of drug-likeness (QED) is 0.493. The van der Waals surface area contributed by atoms with Crippen LogP contribution in [0.15, 0.2) is 34.8 Å². The predicted octanol–water partition coefficient (Wildman–Crippen LogP) is 5.00. The number of ether oxygens (including phenoxy) is 3. The van der Waals surface area contributed by atoms with Crippen molar-refractivity contribution >= 4 is 34.7 Å². The number of aromatic nitrogens is 3. The molecule has 0 spiro atoms. The molecule has 1 fully saturated rings. The van der Waals surface area contributed by atoms with Crippen LogP contribution in [0, 0.1) is 0 Å². The van der Waals surface area contributed by atoms with Crippen LogP contribution >= 0.6 is 34.7 Å². The van der Waals surface area contributed by atoms with Gasteiger partial charge >= 0.3 is 0 Å². The number of fused-ring (bicyclic) bond motifs is 1. The van der Waals surface area contributed by atoms with Crippen LogP contribution < -0.4 is 4.74 Å². The van der Waals surface area contributed by atoms with Gasteiger partial charge in [-0.15, -0.1) is 21.5 Å². The van der Waals surface area contributed by atoms with Gasteiger partial charge in [0.15, 0.2) is 17.8 Å². The summed E-state index contributed by atoms with van der Waals surface area (Å²) in [6, 6.07) is 7.98. The Morgan fingerprint density at radius 1 is 1.31 bits per heavy atom. The first-order chi connectivity index (χ1) is 14.3. The average molecular weight is 450 g/mol. The van der Waals surface area contributed by atoms with Crippen LogP contribution in [0.25, 0.3) is 10.7 Å². The average Bonchev–Trinajstić information content (AvgIpc) is 3.49. The lowest BCUT2D eigenvalue weighted by Crippen LogP contribution is -2.16. The van der Waals surface area contributed by atoms with Gasteiger partial charge in [0.05, 0.1) is 24.1 Å². The molecule has 2 aliphatic heterocycles. The molecule has 0 aliphatic carbocycles. The third-order valence-corrected chi connectivity index (χ3v) is 7.08. The van der Waals surface area contributed by atoms with Crippen LogP contribution in [0.2, 0.25) is 5.02 Å². The number of rotatable bonds is 6. The summed E-state index contributed by atoms with van der Waals surface area (Å²) in [5.41, 5.74) is 2.03. The Morgan fingerprint density at radius 3 is 3.10 bits per heavy atom. The van der Waals surface area contributed by atoms with E-state index in [1.165, 1.54) is 0 Å². The zero-order valence-electron chi connectivity index (χ0n) is 15.7. The van der Waals surface area contributed by atoms with Crippen molar-refractivity contribution in [1.29, 1.82) is 0 Å². The Bertz CT molecular complexity index is 987. The smallest absolute Gasteiger partial charge is 0.191 e. The van der Waals surface area contributed by atoms with Crippen molar-refractivity contribution in [3.8, 4) is 16.5 Å². The molecule has 5 rings (SSSR count). The van der Waals surface area contributed by atoms with Gasteiger partial charge in [0, 0.05) is 28.5 Å². The first-order valence-corrected chi connectivity index (χ1v) is 11.8. The third-order valence-electron chi connectivity index (χ3n) is 4.98. The molecule has 9 heteroatoms. The number of hydrogen-bond acceptors (Lipinski definition) is 7. The van der Waals surface area contributed by atoms with E-state index in [0.717, 1.165) is 58.7 Å². The Morgan fingerprint density at radius 2 is 2.28 bits per heavy atom. The SMILES string of the molecule is Clc1cc2c(c(CSc3nnc(-c4cccs4)n3CC3CCCO3)c1)OCOC2. The Kier molecular flexibility index (Phi) is 5.78. The van der Waals surface area contributed by atoms with Gasteiger partial charge in [-0.2, -0.15) is 0 Å². The fourth-order valence-corrected chi connectivity index (χ4v) is 5.54. The summed E-state index contributed by atoms with van der Waals surface area (Å²) in [5.74, 6) is 2.46. The summed E-state index contributed by atoms with van der Waals surface area (Å²) < 4.78 is 19.2. The molecule has 3 aromatic rings. The van der Waals surface area contributed by atoms with Crippen LogP contribution in [0.4, 0.5) is 0 Å². The number of hydrogen-bond donors (Lipinski definition) is 0. The van der Waals surface area contributed by atoms with Crippen LogP contribution in [0.5, 0.6) is 5.75 Å². The molecule has 1 atom stereocenters. The van der Waals surface area contributed by atoms with Gasteiger partial charge in [0.2, 0.25) is 0 Å². The molecule has 4 heterocycles. The van der Waals surface area contributed by atoms with Gasteiger partial charge in [-0.25, -0.2) is 0 Å². The number of thiophene rings is 1. The molecule has 0 bridgehead atoms.